The van der Waals surface area contributed by atoms with Crippen molar-refractivity contribution in [3.8, 4) is 33.8 Å². The average molecular weight is 823 g/mol. The molecule has 2 heterocycles. The maximum absolute atomic E-state index is 12.9. The Morgan fingerprint density at radius 3 is 1.61 bits per heavy atom. The van der Waals surface area contributed by atoms with Crippen LogP contribution in [0.15, 0.2) is 97.1 Å². The molecule has 59 heavy (non-hydrogen) atoms. The molecule has 1 unspecified atom stereocenters. The lowest BCUT2D eigenvalue weighted by Gasteiger charge is -2.39. The van der Waals surface area contributed by atoms with Gasteiger partial charge in [0.2, 0.25) is 12.6 Å². The molecule has 0 bridgehead atoms. The van der Waals surface area contributed by atoms with Gasteiger partial charge < -0.3 is 75.0 Å². The molecule has 0 spiro atoms. The van der Waals surface area contributed by atoms with Gasteiger partial charge in [-0.25, -0.2) is 0 Å². The van der Waals surface area contributed by atoms with Crippen LogP contribution in [0.25, 0.3) is 22.3 Å². The van der Waals surface area contributed by atoms with E-state index in [0.717, 1.165) is 22.3 Å². The predicted molar refractivity (Wildman–Crippen MR) is 209 cm³/mol. The molecular formula is C42H50N2O15. The van der Waals surface area contributed by atoms with Crippen molar-refractivity contribution in [2.75, 3.05) is 39.5 Å². The number of benzene rings is 4. The molecule has 1 amide bonds. The van der Waals surface area contributed by atoms with Gasteiger partial charge in [-0.05, 0) is 70.3 Å². The third-order valence-corrected chi connectivity index (χ3v) is 10.0. The first-order chi connectivity index (χ1) is 28.5. The van der Waals surface area contributed by atoms with Crippen LogP contribution in [0.1, 0.15) is 22.1 Å². The van der Waals surface area contributed by atoms with E-state index in [1.807, 2.05) is 24.3 Å². The van der Waals surface area contributed by atoms with Crippen LogP contribution in [0, 0.1) is 0 Å². The van der Waals surface area contributed by atoms with Crippen molar-refractivity contribution in [2.45, 2.75) is 67.6 Å². The number of carbonyl (C=O) groups excluding carboxylic acids is 1. The van der Waals surface area contributed by atoms with Gasteiger partial charge in [-0.1, -0.05) is 54.6 Å². The number of hydrogen-bond donors (Lipinski definition) is 11. The molecule has 6 rings (SSSR count). The van der Waals surface area contributed by atoms with Gasteiger partial charge in [0, 0.05) is 18.7 Å². The summed E-state index contributed by atoms with van der Waals surface area (Å²) in [5, 5.41) is 95.9. The van der Waals surface area contributed by atoms with Crippen LogP contribution in [0.3, 0.4) is 0 Å². The quantitative estimate of drug-likeness (QED) is 0.0469. The van der Waals surface area contributed by atoms with E-state index >= 15 is 0 Å². The summed E-state index contributed by atoms with van der Waals surface area (Å²) in [7, 11) is 0. The van der Waals surface area contributed by atoms with Crippen molar-refractivity contribution >= 4 is 5.91 Å². The van der Waals surface area contributed by atoms with Crippen molar-refractivity contribution in [2.24, 2.45) is 0 Å². The van der Waals surface area contributed by atoms with Gasteiger partial charge >= 0.3 is 0 Å². The topological polar surface area (TPSA) is 269 Å². The minimum Gasteiger partial charge on any atom is -0.462 e. The monoisotopic (exact) mass is 822 g/mol. The van der Waals surface area contributed by atoms with E-state index in [1.54, 1.807) is 72.8 Å². The third kappa shape index (κ3) is 11.0. The molecule has 17 heteroatoms. The largest absolute Gasteiger partial charge is 0.462 e. The number of hydrogen-bond acceptors (Lipinski definition) is 16. The van der Waals surface area contributed by atoms with E-state index in [0.29, 0.717) is 29.2 Å². The highest BCUT2D eigenvalue weighted by molar-refractivity contribution is 5.95. The summed E-state index contributed by atoms with van der Waals surface area (Å²) in [6.07, 6.45) is -14.9. The highest BCUT2D eigenvalue weighted by atomic mass is 16.7. The Balaban J connectivity index is 0.902. The van der Waals surface area contributed by atoms with Gasteiger partial charge in [-0.15, -0.1) is 0 Å². The van der Waals surface area contributed by atoms with E-state index < -0.39 is 80.9 Å². The van der Waals surface area contributed by atoms with Crippen molar-refractivity contribution in [3.05, 3.63) is 108 Å². The van der Waals surface area contributed by atoms with E-state index in [2.05, 4.69) is 10.6 Å². The molecule has 318 valence electrons. The molecule has 2 aliphatic heterocycles. The average Bonchev–Trinajstić information content (AvgIpc) is 3.26. The van der Waals surface area contributed by atoms with Crippen LogP contribution in [0.5, 0.6) is 11.5 Å². The summed E-state index contributed by atoms with van der Waals surface area (Å²) in [4.78, 5) is 12.9. The van der Waals surface area contributed by atoms with Gasteiger partial charge in [0.05, 0.1) is 26.4 Å². The lowest BCUT2D eigenvalue weighted by Crippen LogP contribution is -2.60. The fourth-order valence-electron chi connectivity index (χ4n) is 6.60. The Hall–Kier alpha value is -4.57. The Morgan fingerprint density at radius 1 is 0.593 bits per heavy atom. The summed E-state index contributed by atoms with van der Waals surface area (Å²) in [5.74, 6) is 0.358. The van der Waals surface area contributed by atoms with Crippen molar-refractivity contribution in [3.63, 3.8) is 0 Å². The van der Waals surface area contributed by atoms with Gasteiger partial charge in [0.1, 0.15) is 66.6 Å². The van der Waals surface area contributed by atoms with Crippen molar-refractivity contribution in [1.29, 1.82) is 0 Å². The molecule has 2 aliphatic rings. The zero-order valence-electron chi connectivity index (χ0n) is 31.8. The van der Waals surface area contributed by atoms with Crippen molar-refractivity contribution < 1.29 is 74.4 Å². The molecule has 11 atom stereocenters. The molecule has 2 fully saturated rings. The molecule has 2 saturated heterocycles. The number of rotatable bonds is 17. The van der Waals surface area contributed by atoms with E-state index in [1.165, 1.54) is 0 Å². The second kappa shape index (κ2) is 20.6. The number of amides is 1. The highest BCUT2D eigenvalue weighted by Crippen LogP contribution is 2.30. The molecule has 0 aliphatic carbocycles. The fourth-order valence-corrected chi connectivity index (χ4v) is 6.60. The van der Waals surface area contributed by atoms with E-state index in [4.69, 9.17) is 23.7 Å². The SMILES string of the molecule is O=C(NCCOCCNC(O)c1cccc(-c2ccc(O[C@H]3O[C@H](CO)[C@@H](O)[C@H](O)[C@@H]3O)cc2)c1)c1cccc(-c2ccc(O[C@H]3O[C@H](CO)[C@@H](O)[C@H](O)[C@@H]3O)cc2)c1. The lowest BCUT2D eigenvalue weighted by atomic mass is 9.99. The number of ether oxygens (including phenoxy) is 5. The number of aliphatic hydroxyl groups is 9. The molecule has 0 radical (unpaired) electrons. The summed E-state index contributed by atoms with van der Waals surface area (Å²) in [5.41, 5.74) is 4.24. The smallest absolute Gasteiger partial charge is 0.251 e. The van der Waals surface area contributed by atoms with Gasteiger partial charge in [-0.3, -0.25) is 10.1 Å². The second-order valence-corrected chi connectivity index (χ2v) is 14.1. The Bertz CT molecular complexity index is 1930. The maximum atomic E-state index is 12.9. The normalized spacial score (nSPS) is 27.5. The molecule has 11 N–H and O–H groups in total. The van der Waals surface area contributed by atoms with Crippen LogP contribution in [-0.4, -0.2) is 153 Å². The first-order valence-electron chi connectivity index (χ1n) is 19.1. The van der Waals surface area contributed by atoms with Gasteiger partial charge in [0.15, 0.2) is 0 Å². The number of carbonyl (C=O) groups is 1. The van der Waals surface area contributed by atoms with Crippen LogP contribution in [0.2, 0.25) is 0 Å². The predicted octanol–water partition coefficient (Wildman–Crippen LogP) is -0.595. The first kappa shape index (κ1) is 44.0. The van der Waals surface area contributed by atoms with E-state index in [-0.39, 0.29) is 25.7 Å². The molecule has 0 aromatic heterocycles. The van der Waals surface area contributed by atoms with Crippen LogP contribution in [-0.2, 0) is 14.2 Å². The summed E-state index contributed by atoms with van der Waals surface area (Å²) < 4.78 is 27.8. The molecule has 0 saturated carbocycles. The van der Waals surface area contributed by atoms with Crippen LogP contribution >= 0.6 is 0 Å². The van der Waals surface area contributed by atoms with Crippen LogP contribution < -0.4 is 20.1 Å². The summed E-state index contributed by atoms with van der Waals surface area (Å²) in [6.45, 7) is -0.0300. The Labute approximate surface area is 339 Å². The maximum Gasteiger partial charge on any atom is 0.251 e. The second-order valence-electron chi connectivity index (χ2n) is 14.1. The zero-order chi connectivity index (χ0) is 42.1. The van der Waals surface area contributed by atoms with Gasteiger partial charge in [-0.2, -0.15) is 0 Å². The molecule has 4 aromatic rings. The summed E-state index contributed by atoms with van der Waals surface area (Å²) >= 11 is 0. The minimum absolute atomic E-state index is 0.241. The standard InChI is InChI=1S/C42H50N2O15/c45-21-31-33(47)35(49)37(51)41(58-31)56-29-11-7-23(8-12-29)25-3-1-5-27(19-25)39(53)43-15-17-55-18-16-44-40(54)28-6-2-4-26(20-28)24-9-13-30(14-10-24)57-42-38(52)36(50)34(48)32(22-46)59-42/h1-14,19-20,31-39,41-43,45-53H,15-18,21-22H2,(H,44,54)/t31-,32-,33-,34-,35+,36+,37+,38+,39?,41+,42+/m1/s1. The molecule has 4 aromatic carbocycles. The van der Waals surface area contributed by atoms with Crippen LogP contribution in [0.4, 0.5) is 0 Å². The minimum atomic E-state index is -1.55. The van der Waals surface area contributed by atoms with E-state index in [9.17, 15) is 50.8 Å². The summed E-state index contributed by atoms with van der Waals surface area (Å²) in [6, 6.07) is 27.9. The first-order valence-corrected chi connectivity index (χ1v) is 19.1. The van der Waals surface area contributed by atoms with Crippen molar-refractivity contribution in [1.82, 2.24) is 10.6 Å². The Morgan fingerprint density at radius 2 is 1.08 bits per heavy atom. The fraction of sp³-hybridized carbons (Fsp3) is 0.405. The number of aliphatic hydroxyl groups excluding tert-OH is 9. The lowest BCUT2D eigenvalue weighted by molar-refractivity contribution is -0.277. The van der Waals surface area contributed by atoms with Gasteiger partial charge in [0.25, 0.3) is 5.91 Å². The highest BCUT2D eigenvalue weighted by Gasteiger charge is 2.45. The zero-order valence-corrected chi connectivity index (χ0v) is 31.8. The third-order valence-electron chi connectivity index (χ3n) is 10.0. The molecule has 17 nitrogen and oxygen atoms in total. The Kier molecular flexibility index (Phi) is 15.4. The molecular weight excluding hydrogens is 772 g/mol. The number of nitrogens with one attached hydrogen (secondary N) is 2.